The molecule has 1 aromatic heterocycles. The summed E-state index contributed by atoms with van der Waals surface area (Å²) in [6.45, 7) is 0.484. The van der Waals surface area contributed by atoms with Crippen LogP contribution in [0.2, 0.25) is 0 Å². The number of hydrogen-bond acceptors (Lipinski definition) is 3. The molecule has 0 saturated carbocycles. The van der Waals surface area contributed by atoms with Crippen LogP contribution in [0.15, 0.2) is 48.8 Å². The Balaban J connectivity index is 2.04. The Hall–Kier alpha value is -2.78. The lowest BCUT2D eigenvalue weighted by molar-refractivity contribution is 0.305. The maximum atomic E-state index is 8.37. The predicted octanol–water partition coefficient (Wildman–Crippen LogP) is 2.54. The molecule has 18 heavy (non-hydrogen) atoms. The molecule has 2 aromatic rings. The van der Waals surface area contributed by atoms with Gasteiger partial charge in [0.15, 0.2) is 6.07 Å². The molecule has 0 unspecified atom stereocenters. The first-order valence-corrected chi connectivity index (χ1v) is 5.40. The first kappa shape index (κ1) is 11.7. The molecule has 0 aliphatic heterocycles. The maximum Gasteiger partial charge on any atom is 0.152 e. The SMILES string of the molecule is N#CC#Cc1cncc(OCc2ccccc2)c1. The number of pyridine rings is 1. The molecule has 3 heteroatoms. The van der Waals surface area contributed by atoms with E-state index >= 15 is 0 Å². The molecular formula is C15H10N2O. The molecule has 0 bridgehead atoms. The van der Waals surface area contributed by atoms with E-state index in [0.29, 0.717) is 17.9 Å². The number of nitrogens with zero attached hydrogens (tertiary/aromatic N) is 2. The van der Waals surface area contributed by atoms with Gasteiger partial charge in [0.2, 0.25) is 0 Å². The topological polar surface area (TPSA) is 45.9 Å². The first-order valence-electron chi connectivity index (χ1n) is 5.40. The van der Waals surface area contributed by atoms with Crippen molar-refractivity contribution in [2.24, 2.45) is 0 Å². The van der Waals surface area contributed by atoms with Gasteiger partial charge in [0.1, 0.15) is 12.4 Å². The number of benzene rings is 1. The lowest BCUT2D eigenvalue weighted by atomic mass is 10.2. The van der Waals surface area contributed by atoms with Gasteiger partial charge in [-0.1, -0.05) is 30.3 Å². The fraction of sp³-hybridized carbons (Fsp3) is 0.0667. The summed E-state index contributed by atoms with van der Waals surface area (Å²) < 4.78 is 5.60. The summed E-state index contributed by atoms with van der Waals surface area (Å²) >= 11 is 0. The monoisotopic (exact) mass is 234 g/mol. The molecule has 1 aromatic carbocycles. The summed E-state index contributed by atoms with van der Waals surface area (Å²) in [5.74, 6) is 5.65. The van der Waals surface area contributed by atoms with Crippen molar-refractivity contribution in [2.75, 3.05) is 0 Å². The van der Waals surface area contributed by atoms with Gasteiger partial charge in [-0.2, -0.15) is 5.26 Å². The Morgan fingerprint density at radius 1 is 1.17 bits per heavy atom. The predicted molar refractivity (Wildman–Crippen MR) is 67.5 cm³/mol. The van der Waals surface area contributed by atoms with E-state index in [1.54, 1.807) is 24.5 Å². The Kier molecular flexibility index (Phi) is 3.95. The zero-order chi connectivity index (χ0) is 12.6. The van der Waals surface area contributed by atoms with Crippen molar-refractivity contribution in [3.8, 4) is 23.7 Å². The minimum absolute atomic E-state index is 0.484. The molecule has 0 amide bonds. The van der Waals surface area contributed by atoms with Gasteiger partial charge in [-0.3, -0.25) is 4.98 Å². The zero-order valence-corrected chi connectivity index (χ0v) is 9.63. The third kappa shape index (κ3) is 3.37. The fourth-order valence-corrected chi connectivity index (χ4v) is 1.41. The molecule has 0 atom stereocenters. The molecule has 0 fully saturated rings. The number of aromatic nitrogens is 1. The second-order valence-corrected chi connectivity index (χ2v) is 3.55. The van der Waals surface area contributed by atoms with Gasteiger partial charge in [0, 0.05) is 17.7 Å². The standard InChI is InChI=1S/C15H10N2O/c16-8-4-7-14-9-15(11-17-10-14)18-12-13-5-2-1-3-6-13/h1-3,5-6,9-11H,12H2. The summed E-state index contributed by atoms with van der Waals surface area (Å²) in [6.07, 6.45) is 3.22. The zero-order valence-electron chi connectivity index (χ0n) is 9.63. The average molecular weight is 234 g/mol. The van der Waals surface area contributed by atoms with E-state index in [2.05, 4.69) is 16.8 Å². The van der Waals surface area contributed by atoms with E-state index < -0.39 is 0 Å². The van der Waals surface area contributed by atoms with E-state index in [1.807, 2.05) is 30.3 Å². The van der Waals surface area contributed by atoms with Crippen molar-refractivity contribution >= 4 is 0 Å². The van der Waals surface area contributed by atoms with E-state index in [1.165, 1.54) is 0 Å². The van der Waals surface area contributed by atoms with Gasteiger partial charge < -0.3 is 4.74 Å². The number of ether oxygens (including phenoxy) is 1. The smallest absolute Gasteiger partial charge is 0.152 e. The van der Waals surface area contributed by atoms with Gasteiger partial charge in [-0.25, -0.2) is 0 Å². The van der Waals surface area contributed by atoms with Crippen molar-refractivity contribution < 1.29 is 4.74 Å². The first-order chi connectivity index (χ1) is 8.88. The largest absolute Gasteiger partial charge is 0.487 e. The fourth-order valence-electron chi connectivity index (χ4n) is 1.41. The van der Waals surface area contributed by atoms with Crippen molar-refractivity contribution in [1.82, 2.24) is 4.98 Å². The van der Waals surface area contributed by atoms with Gasteiger partial charge in [-0.05, 0) is 17.6 Å². The molecule has 0 aliphatic rings. The van der Waals surface area contributed by atoms with E-state index in [0.717, 1.165) is 5.56 Å². The highest BCUT2D eigenvalue weighted by Gasteiger charge is 1.97. The summed E-state index contributed by atoms with van der Waals surface area (Å²) in [5, 5.41) is 8.37. The third-order valence-corrected chi connectivity index (χ3v) is 2.22. The van der Waals surface area contributed by atoms with E-state index in [4.69, 9.17) is 10.00 Å². The molecule has 0 aliphatic carbocycles. The van der Waals surface area contributed by atoms with Crippen molar-refractivity contribution in [3.63, 3.8) is 0 Å². The van der Waals surface area contributed by atoms with Crippen LogP contribution in [0.3, 0.4) is 0 Å². The van der Waals surface area contributed by atoms with Crippen LogP contribution in [0.5, 0.6) is 5.75 Å². The van der Waals surface area contributed by atoms with Gasteiger partial charge in [0.05, 0.1) is 6.20 Å². The Labute approximate surface area is 106 Å². The molecule has 0 saturated heterocycles. The number of hydrogen-bond donors (Lipinski definition) is 0. The highest BCUT2D eigenvalue weighted by molar-refractivity contribution is 5.39. The summed E-state index contributed by atoms with van der Waals surface area (Å²) in [4.78, 5) is 4.01. The van der Waals surface area contributed by atoms with Crippen LogP contribution in [0.1, 0.15) is 11.1 Å². The highest BCUT2D eigenvalue weighted by Crippen LogP contribution is 2.12. The molecule has 2 rings (SSSR count). The van der Waals surface area contributed by atoms with Gasteiger partial charge in [0.25, 0.3) is 0 Å². The Morgan fingerprint density at radius 2 is 2.00 bits per heavy atom. The average Bonchev–Trinajstić information content (AvgIpc) is 2.44. The molecule has 1 heterocycles. The minimum atomic E-state index is 0.484. The van der Waals surface area contributed by atoms with Crippen molar-refractivity contribution in [2.45, 2.75) is 6.61 Å². The van der Waals surface area contributed by atoms with Crippen LogP contribution in [-0.2, 0) is 6.61 Å². The second-order valence-electron chi connectivity index (χ2n) is 3.55. The summed E-state index contributed by atoms with van der Waals surface area (Å²) in [7, 11) is 0. The second kappa shape index (κ2) is 6.08. The number of nitriles is 1. The molecule has 0 N–H and O–H groups in total. The normalized spacial score (nSPS) is 8.83. The highest BCUT2D eigenvalue weighted by atomic mass is 16.5. The molecule has 0 radical (unpaired) electrons. The van der Waals surface area contributed by atoms with Crippen LogP contribution in [0.25, 0.3) is 0 Å². The van der Waals surface area contributed by atoms with Crippen LogP contribution in [-0.4, -0.2) is 4.98 Å². The lowest BCUT2D eigenvalue weighted by Gasteiger charge is -2.05. The van der Waals surface area contributed by atoms with Gasteiger partial charge >= 0.3 is 0 Å². The van der Waals surface area contributed by atoms with Crippen LogP contribution < -0.4 is 4.74 Å². The third-order valence-electron chi connectivity index (χ3n) is 2.22. The Bertz CT molecular complexity index is 618. The van der Waals surface area contributed by atoms with Crippen molar-refractivity contribution in [1.29, 1.82) is 5.26 Å². The molecule has 0 spiro atoms. The van der Waals surface area contributed by atoms with E-state index in [-0.39, 0.29) is 0 Å². The minimum Gasteiger partial charge on any atom is -0.487 e. The Morgan fingerprint density at radius 3 is 2.78 bits per heavy atom. The quantitative estimate of drug-likeness (QED) is 0.766. The van der Waals surface area contributed by atoms with E-state index in [9.17, 15) is 0 Å². The molecule has 3 nitrogen and oxygen atoms in total. The van der Waals surface area contributed by atoms with Gasteiger partial charge in [-0.15, -0.1) is 0 Å². The number of rotatable bonds is 3. The molecule has 86 valence electrons. The lowest BCUT2D eigenvalue weighted by Crippen LogP contribution is -1.95. The van der Waals surface area contributed by atoms with Crippen LogP contribution in [0.4, 0.5) is 0 Å². The van der Waals surface area contributed by atoms with Crippen molar-refractivity contribution in [3.05, 3.63) is 59.9 Å². The summed E-state index contributed by atoms with van der Waals surface area (Å²) in [5.41, 5.74) is 1.76. The summed E-state index contributed by atoms with van der Waals surface area (Å²) in [6, 6.07) is 13.4. The van der Waals surface area contributed by atoms with Crippen LogP contribution >= 0.6 is 0 Å². The van der Waals surface area contributed by atoms with Crippen LogP contribution in [0, 0.1) is 23.2 Å². The maximum absolute atomic E-state index is 8.37. The molecular weight excluding hydrogens is 224 g/mol.